The van der Waals surface area contributed by atoms with Crippen molar-refractivity contribution in [3.8, 4) is 0 Å². The highest BCUT2D eigenvalue weighted by Gasteiger charge is 2.41. The molecule has 0 radical (unpaired) electrons. The van der Waals surface area contributed by atoms with Crippen molar-refractivity contribution in [1.29, 1.82) is 0 Å². The smallest absolute Gasteiger partial charge is 0.510 e. The summed E-state index contributed by atoms with van der Waals surface area (Å²) in [5, 5.41) is 0. The van der Waals surface area contributed by atoms with Gasteiger partial charge >= 0.3 is 14.9 Å². The number of amidine groups is 1. The summed E-state index contributed by atoms with van der Waals surface area (Å²) in [6, 6.07) is 0.690. The zero-order valence-electron chi connectivity index (χ0n) is 8.77. The third-order valence-electron chi connectivity index (χ3n) is 2.26. The minimum atomic E-state index is -6.83. The Morgan fingerprint density at radius 3 is 1.79 bits per heavy atom. The fourth-order valence-electron chi connectivity index (χ4n) is 1.24. The number of nitrogens with zero attached hydrogens (tertiary/aromatic N) is 2. The Bertz CT molecular complexity index is 204. The summed E-state index contributed by atoms with van der Waals surface area (Å²) in [5.41, 5.74) is 0. The molecule has 0 bridgehead atoms. The topological polar surface area (TPSA) is 6.25 Å². The average Bonchev–Trinajstić information content (AvgIpc) is 2.14. The highest BCUT2D eigenvalue weighted by Crippen LogP contribution is 2.06. The molecule has 1 aliphatic heterocycles. The van der Waals surface area contributed by atoms with E-state index in [1.807, 2.05) is 0 Å². The normalized spacial score (nSPS) is 22.3. The van der Waals surface area contributed by atoms with Crippen LogP contribution in [0, 0.1) is 0 Å². The maximum atomic E-state index is 9.85. The van der Waals surface area contributed by atoms with Crippen molar-refractivity contribution in [2.24, 2.45) is 0 Å². The molecule has 1 atom stereocenters. The summed E-state index contributed by atoms with van der Waals surface area (Å²) >= 11 is -6.83. The molecule has 1 heterocycles. The van der Waals surface area contributed by atoms with Crippen LogP contribution < -0.4 is 0 Å². The van der Waals surface area contributed by atoms with Crippen LogP contribution in [0.25, 0.3) is 0 Å². The van der Waals surface area contributed by atoms with E-state index < -0.39 is 14.9 Å². The van der Waals surface area contributed by atoms with Crippen molar-refractivity contribution in [3.05, 3.63) is 0 Å². The van der Waals surface area contributed by atoms with E-state index in [4.69, 9.17) is 0 Å². The van der Waals surface area contributed by atoms with Gasteiger partial charge in [-0.1, -0.05) is 0 Å². The Kier molecular flexibility index (Phi) is 4.89. The fraction of sp³-hybridized carbons (Fsp3) is 0.857. The van der Waals surface area contributed by atoms with Gasteiger partial charge in [0.25, 0.3) is 0 Å². The van der Waals surface area contributed by atoms with Gasteiger partial charge in [0.2, 0.25) is 5.84 Å². The van der Waals surface area contributed by atoms with E-state index in [1.54, 1.807) is 0 Å². The minimum Gasteiger partial charge on any atom is -0.510 e. The lowest BCUT2D eigenvalue weighted by Crippen LogP contribution is -2.21. The van der Waals surface area contributed by atoms with E-state index in [0.29, 0.717) is 6.04 Å². The first-order valence-corrected chi connectivity index (χ1v) is 6.02. The molecule has 1 unspecified atom stereocenters. The monoisotopic (exact) mass is 230 g/mol. The number of halogens is 4. The molecule has 0 aromatic carbocycles. The Hall–Kier alpha value is -0.278. The van der Waals surface area contributed by atoms with Crippen LogP contribution in [-0.2, 0) is 0 Å². The van der Waals surface area contributed by atoms with Crippen LogP contribution in [-0.4, -0.2) is 56.9 Å². The maximum absolute atomic E-state index is 9.85. The first kappa shape index (κ1) is 13.7. The molecule has 0 spiro atoms. The zero-order chi connectivity index (χ0) is 11.5. The molecule has 0 amide bonds. The highest BCUT2D eigenvalue weighted by molar-refractivity contribution is 6.50. The SMILES string of the molecule is CC1=[N+](C)C(C)CN1C.[F][Al-]([F])([F])[F]. The molecule has 0 aliphatic carbocycles. The molecule has 2 nitrogen and oxygen atoms in total. The second-order valence-electron chi connectivity index (χ2n) is 3.38. The molecular weight excluding hydrogens is 215 g/mol. The summed E-state index contributed by atoms with van der Waals surface area (Å²) in [5.74, 6) is 1.38. The molecule has 0 saturated heterocycles. The second kappa shape index (κ2) is 4.99. The van der Waals surface area contributed by atoms with Crippen LogP contribution in [0.5, 0.6) is 0 Å². The van der Waals surface area contributed by atoms with Crippen molar-refractivity contribution in [1.82, 2.24) is 4.90 Å². The molecule has 1 rings (SSSR count). The molecule has 0 saturated carbocycles. The van der Waals surface area contributed by atoms with Crippen LogP contribution >= 0.6 is 0 Å². The van der Waals surface area contributed by atoms with Gasteiger partial charge in [0.15, 0.2) is 0 Å². The van der Waals surface area contributed by atoms with Gasteiger partial charge in [0.05, 0.1) is 14.1 Å². The third kappa shape index (κ3) is 5.45. The Balaban J connectivity index is 0.000000292. The summed E-state index contributed by atoms with van der Waals surface area (Å²) in [6.07, 6.45) is 0. The Morgan fingerprint density at radius 2 is 1.71 bits per heavy atom. The van der Waals surface area contributed by atoms with Crippen LogP contribution in [0.3, 0.4) is 0 Å². The number of hydrogen-bond donors (Lipinski definition) is 0. The van der Waals surface area contributed by atoms with Crippen LogP contribution in [0.15, 0.2) is 0 Å². The lowest BCUT2D eigenvalue weighted by Gasteiger charge is -1.99. The van der Waals surface area contributed by atoms with E-state index in [9.17, 15) is 14.1 Å². The third-order valence-corrected chi connectivity index (χ3v) is 2.26. The van der Waals surface area contributed by atoms with Crippen LogP contribution in [0.1, 0.15) is 13.8 Å². The predicted octanol–water partition coefficient (Wildman–Crippen LogP) is 1.68. The lowest BCUT2D eigenvalue weighted by atomic mass is 10.3. The summed E-state index contributed by atoms with van der Waals surface area (Å²) in [6.45, 7) is 5.57. The van der Waals surface area contributed by atoms with E-state index in [2.05, 4.69) is 37.4 Å². The van der Waals surface area contributed by atoms with Gasteiger partial charge < -0.3 is 14.1 Å². The second-order valence-corrected chi connectivity index (χ2v) is 4.37. The molecule has 0 aromatic rings. The molecule has 0 aromatic heterocycles. The van der Waals surface area contributed by atoms with Crippen molar-refractivity contribution in [3.63, 3.8) is 0 Å². The van der Waals surface area contributed by atoms with Gasteiger partial charge in [-0.2, -0.15) is 0 Å². The van der Waals surface area contributed by atoms with Gasteiger partial charge in [-0.15, -0.1) is 0 Å². The van der Waals surface area contributed by atoms with Gasteiger partial charge in [-0.05, 0) is 6.92 Å². The van der Waals surface area contributed by atoms with E-state index in [1.165, 1.54) is 12.4 Å². The molecule has 1 aliphatic rings. The van der Waals surface area contributed by atoms with Gasteiger partial charge in [-0.25, -0.2) is 0 Å². The highest BCUT2D eigenvalue weighted by atomic mass is 27.5. The van der Waals surface area contributed by atoms with Crippen LogP contribution in [0.2, 0.25) is 0 Å². The van der Waals surface area contributed by atoms with Crippen LogP contribution in [0.4, 0.5) is 14.1 Å². The first-order chi connectivity index (χ1) is 6.13. The standard InChI is InChI=1S/C7H15N2.Al.4FH/c1-6-5-8(3)7(2)9(6)4;;;;;/h6H,5H2,1-4H3;;4*1H/q+1;+3;;;;/p-4. The molecule has 14 heavy (non-hydrogen) atoms. The van der Waals surface area contributed by atoms with E-state index in [0.717, 1.165) is 0 Å². The summed E-state index contributed by atoms with van der Waals surface area (Å²) < 4.78 is 41.7. The van der Waals surface area contributed by atoms with E-state index >= 15 is 0 Å². The number of rotatable bonds is 0. The average molecular weight is 230 g/mol. The fourth-order valence-corrected chi connectivity index (χ4v) is 1.24. The summed E-state index contributed by atoms with van der Waals surface area (Å²) in [4.78, 5) is 2.28. The predicted molar refractivity (Wildman–Crippen MR) is 49.1 cm³/mol. The molecule has 7 heteroatoms. The largest absolute Gasteiger partial charge is 1.04 e. The zero-order valence-corrected chi connectivity index (χ0v) is 9.92. The van der Waals surface area contributed by atoms with Gasteiger partial charge in [0.1, 0.15) is 12.6 Å². The lowest BCUT2D eigenvalue weighted by molar-refractivity contribution is -0.523. The Labute approximate surface area is 85.4 Å². The van der Waals surface area contributed by atoms with E-state index in [-0.39, 0.29) is 0 Å². The molecule has 84 valence electrons. The Morgan fingerprint density at radius 1 is 1.36 bits per heavy atom. The number of likely N-dealkylation sites (N-methyl/N-ethyl adjacent to an activating group) is 2. The minimum absolute atomic E-state index is 0.690. The molecular formula is C7H15AlF4N2. The first-order valence-electron chi connectivity index (χ1n) is 4.27. The quantitative estimate of drug-likeness (QED) is 0.348. The molecule has 0 N–H and O–H groups in total. The van der Waals surface area contributed by atoms with Crippen molar-refractivity contribution < 1.29 is 18.7 Å². The summed E-state index contributed by atoms with van der Waals surface area (Å²) in [7, 11) is 4.28. The van der Waals surface area contributed by atoms with Crippen molar-refractivity contribution in [2.75, 3.05) is 20.6 Å². The number of hydrogen-bond acceptors (Lipinski definition) is 1. The molecule has 0 fully saturated rings. The van der Waals surface area contributed by atoms with Gasteiger partial charge in [-0.3, -0.25) is 9.48 Å². The van der Waals surface area contributed by atoms with Crippen molar-refractivity contribution in [2.45, 2.75) is 19.9 Å². The van der Waals surface area contributed by atoms with Gasteiger partial charge in [0, 0.05) is 6.92 Å². The van der Waals surface area contributed by atoms with Crippen molar-refractivity contribution >= 4 is 20.8 Å². The maximum Gasteiger partial charge on any atom is 1.04 e.